The van der Waals surface area contributed by atoms with Crippen molar-refractivity contribution < 1.29 is 0 Å². The van der Waals surface area contributed by atoms with E-state index in [2.05, 4.69) is 25.1 Å². The molecule has 1 aliphatic carbocycles. The summed E-state index contributed by atoms with van der Waals surface area (Å²) in [5.74, 6) is 1.16. The number of nitrogens with zero attached hydrogens (tertiary/aromatic N) is 4. The molecule has 0 bridgehead atoms. The SMILES string of the molecule is CN(c1nc(N)nc2[nH]ncc12)C1CC1. The first kappa shape index (κ1) is 8.46. The van der Waals surface area contributed by atoms with Crippen LogP contribution >= 0.6 is 0 Å². The Kier molecular flexibility index (Phi) is 1.59. The van der Waals surface area contributed by atoms with Crippen molar-refractivity contribution in [3.8, 4) is 0 Å². The molecule has 78 valence electrons. The lowest BCUT2D eigenvalue weighted by molar-refractivity contribution is 0.897. The fraction of sp³-hybridized carbons (Fsp3) is 0.444. The van der Waals surface area contributed by atoms with E-state index in [1.54, 1.807) is 6.20 Å². The molecule has 2 aromatic heterocycles. The van der Waals surface area contributed by atoms with Gasteiger partial charge < -0.3 is 10.6 Å². The molecule has 0 aliphatic heterocycles. The number of hydrogen-bond acceptors (Lipinski definition) is 5. The first-order valence-electron chi connectivity index (χ1n) is 4.95. The fourth-order valence-electron chi connectivity index (χ4n) is 1.74. The summed E-state index contributed by atoms with van der Waals surface area (Å²) in [6.07, 6.45) is 4.18. The quantitative estimate of drug-likeness (QED) is 0.745. The van der Waals surface area contributed by atoms with E-state index in [0.717, 1.165) is 11.2 Å². The number of rotatable bonds is 2. The number of fused-ring (bicyclic) bond motifs is 1. The molecule has 6 nitrogen and oxygen atoms in total. The van der Waals surface area contributed by atoms with E-state index < -0.39 is 0 Å². The van der Waals surface area contributed by atoms with Crippen molar-refractivity contribution in [3.05, 3.63) is 6.20 Å². The predicted molar refractivity (Wildman–Crippen MR) is 57.5 cm³/mol. The Morgan fingerprint density at radius 3 is 3.00 bits per heavy atom. The van der Waals surface area contributed by atoms with Gasteiger partial charge in [0.1, 0.15) is 5.82 Å². The highest BCUT2D eigenvalue weighted by atomic mass is 15.3. The lowest BCUT2D eigenvalue weighted by atomic mass is 10.3. The molecule has 1 fully saturated rings. The van der Waals surface area contributed by atoms with Crippen molar-refractivity contribution in [2.75, 3.05) is 17.7 Å². The second-order valence-electron chi connectivity index (χ2n) is 3.88. The molecule has 3 N–H and O–H groups in total. The third kappa shape index (κ3) is 1.29. The standard InChI is InChI=1S/C9H12N6/c1-15(5-2-3-5)8-6-4-11-14-7(6)12-9(10)13-8/h4-5H,2-3H2,1H3,(H3,10,11,12,13,14). The van der Waals surface area contributed by atoms with Crippen molar-refractivity contribution in [3.63, 3.8) is 0 Å². The number of H-pyrrole nitrogens is 1. The average Bonchev–Trinajstić information content (AvgIpc) is 2.96. The molecular formula is C9H12N6. The zero-order valence-electron chi connectivity index (χ0n) is 8.44. The Labute approximate surface area is 86.5 Å². The van der Waals surface area contributed by atoms with Gasteiger partial charge in [-0.05, 0) is 12.8 Å². The molecule has 2 heterocycles. The Morgan fingerprint density at radius 2 is 2.27 bits per heavy atom. The summed E-state index contributed by atoms with van der Waals surface area (Å²) < 4.78 is 0. The molecular weight excluding hydrogens is 192 g/mol. The van der Waals surface area contributed by atoms with Gasteiger partial charge in [-0.25, -0.2) is 0 Å². The number of aromatic nitrogens is 4. The Balaban J connectivity index is 2.18. The highest BCUT2D eigenvalue weighted by molar-refractivity contribution is 5.87. The Hall–Kier alpha value is -1.85. The minimum Gasteiger partial charge on any atom is -0.368 e. The maximum absolute atomic E-state index is 5.65. The van der Waals surface area contributed by atoms with E-state index >= 15 is 0 Å². The summed E-state index contributed by atoms with van der Waals surface area (Å²) >= 11 is 0. The van der Waals surface area contributed by atoms with Gasteiger partial charge in [-0.15, -0.1) is 0 Å². The summed E-state index contributed by atoms with van der Waals surface area (Å²) in [5, 5.41) is 7.69. The molecule has 0 spiro atoms. The number of nitrogen functional groups attached to an aromatic ring is 1. The van der Waals surface area contributed by atoms with E-state index in [0.29, 0.717) is 11.7 Å². The summed E-state index contributed by atoms with van der Waals surface area (Å²) in [5.41, 5.74) is 6.34. The molecule has 1 aliphatic rings. The second-order valence-corrected chi connectivity index (χ2v) is 3.88. The fourth-order valence-corrected chi connectivity index (χ4v) is 1.74. The van der Waals surface area contributed by atoms with Crippen LogP contribution in [0.15, 0.2) is 6.20 Å². The molecule has 1 saturated carbocycles. The second kappa shape index (κ2) is 2.82. The van der Waals surface area contributed by atoms with E-state index in [4.69, 9.17) is 5.73 Å². The smallest absolute Gasteiger partial charge is 0.224 e. The molecule has 0 aromatic carbocycles. The normalized spacial score (nSPS) is 15.8. The highest BCUT2D eigenvalue weighted by Gasteiger charge is 2.28. The third-order valence-electron chi connectivity index (χ3n) is 2.74. The highest BCUT2D eigenvalue weighted by Crippen LogP contribution is 2.32. The van der Waals surface area contributed by atoms with E-state index in [1.165, 1.54) is 12.8 Å². The van der Waals surface area contributed by atoms with Gasteiger partial charge in [0.05, 0.1) is 11.6 Å². The van der Waals surface area contributed by atoms with Gasteiger partial charge in [0.2, 0.25) is 5.95 Å². The molecule has 3 rings (SSSR count). The van der Waals surface area contributed by atoms with Gasteiger partial charge in [0, 0.05) is 13.1 Å². The average molecular weight is 204 g/mol. The molecule has 15 heavy (non-hydrogen) atoms. The van der Waals surface area contributed by atoms with Crippen LogP contribution in [0.2, 0.25) is 0 Å². The van der Waals surface area contributed by atoms with Crippen molar-refractivity contribution >= 4 is 22.8 Å². The predicted octanol–water partition coefficient (Wildman–Crippen LogP) is 0.534. The van der Waals surface area contributed by atoms with Crippen LogP contribution < -0.4 is 10.6 Å². The van der Waals surface area contributed by atoms with Crippen molar-refractivity contribution in [1.29, 1.82) is 0 Å². The minimum atomic E-state index is 0.286. The van der Waals surface area contributed by atoms with Crippen LogP contribution in [0, 0.1) is 0 Å². The molecule has 0 atom stereocenters. The number of anilines is 2. The zero-order valence-corrected chi connectivity index (χ0v) is 8.44. The van der Waals surface area contributed by atoms with Crippen LogP contribution in [0.3, 0.4) is 0 Å². The summed E-state index contributed by atoms with van der Waals surface area (Å²) in [6, 6.07) is 0.595. The van der Waals surface area contributed by atoms with Gasteiger partial charge >= 0.3 is 0 Å². The van der Waals surface area contributed by atoms with Gasteiger partial charge in [0.15, 0.2) is 5.65 Å². The van der Waals surface area contributed by atoms with Crippen molar-refractivity contribution in [2.45, 2.75) is 18.9 Å². The zero-order chi connectivity index (χ0) is 10.4. The molecule has 0 saturated heterocycles. The summed E-state index contributed by atoms with van der Waals surface area (Å²) in [7, 11) is 2.03. The van der Waals surface area contributed by atoms with Gasteiger partial charge in [-0.3, -0.25) is 5.10 Å². The van der Waals surface area contributed by atoms with Crippen LogP contribution in [-0.4, -0.2) is 33.3 Å². The van der Waals surface area contributed by atoms with E-state index in [1.807, 2.05) is 7.05 Å². The Bertz CT molecular complexity index is 500. The third-order valence-corrected chi connectivity index (χ3v) is 2.74. The monoisotopic (exact) mass is 204 g/mol. The Morgan fingerprint density at radius 1 is 1.47 bits per heavy atom. The molecule has 2 aromatic rings. The first-order valence-corrected chi connectivity index (χ1v) is 4.95. The number of nitrogens with two attached hydrogens (primary N) is 1. The van der Waals surface area contributed by atoms with Crippen molar-refractivity contribution in [1.82, 2.24) is 20.2 Å². The molecule has 6 heteroatoms. The van der Waals surface area contributed by atoms with Crippen LogP contribution in [0.5, 0.6) is 0 Å². The van der Waals surface area contributed by atoms with Crippen LogP contribution in [0.25, 0.3) is 11.0 Å². The molecule has 0 amide bonds. The van der Waals surface area contributed by atoms with E-state index in [-0.39, 0.29) is 5.95 Å². The number of aromatic amines is 1. The minimum absolute atomic E-state index is 0.286. The number of nitrogens with one attached hydrogen (secondary N) is 1. The van der Waals surface area contributed by atoms with Crippen LogP contribution in [0.4, 0.5) is 11.8 Å². The van der Waals surface area contributed by atoms with Crippen LogP contribution in [0.1, 0.15) is 12.8 Å². The van der Waals surface area contributed by atoms with E-state index in [9.17, 15) is 0 Å². The lowest BCUT2D eigenvalue weighted by Gasteiger charge is -2.17. The maximum Gasteiger partial charge on any atom is 0.224 e. The van der Waals surface area contributed by atoms with Crippen molar-refractivity contribution in [2.24, 2.45) is 0 Å². The van der Waals surface area contributed by atoms with Gasteiger partial charge in [0.25, 0.3) is 0 Å². The summed E-state index contributed by atoms with van der Waals surface area (Å²) in [6.45, 7) is 0. The van der Waals surface area contributed by atoms with Gasteiger partial charge in [-0.1, -0.05) is 0 Å². The van der Waals surface area contributed by atoms with Crippen LogP contribution in [-0.2, 0) is 0 Å². The van der Waals surface area contributed by atoms with Gasteiger partial charge in [-0.2, -0.15) is 15.1 Å². The summed E-state index contributed by atoms with van der Waals surface area (Å²) in [4.78, 5) is 10.5. The topological polar surface area (TPSA) is 83.7 Å². The molecule has 0 radical (unpaired) electrons. The largest absolute Gasteiger partial charge is 0.368 e. The lowest BCUT2D eigenvalue weighted by Crippen LogP contribution is -2.21. The first-order chi connectivity index (χ1) is 7.25. The molecule has 0 unspecified atom stereocenters. The number of hydrogen-bond donors (Lipinski definition) is 2. The maximum atomic E-state index is 5.65.